The molecule has 140 valence electrons. The highest BCUT2D eigenvalue weighted by Gasteiger charge is 2.76. The molecule has 2 heterocycles. The molecule has 2 aliphatic heterocycles. The molecule has 2 aliphatic rings. The summed E-state index contributed by atoms with van der Waals surface area (Å²) in [6.07, 6.45) is -3.04. The van der Waals surface area contributed by atoms with E-state index >= 15 is 0 Å². The molecule has 0 bridgehead atoms. The number of non-ortho nitro benzene ring substituents is 1. The van der Waals surface area contributed by atoms with Crippen LogP contribution in [0.3, 0.4) is 0 Å². The predicted molar refractivity (Wildman–Crippen MR) is 79.4 cm³/mol. The number of rotatable bonds is 5. The second-order valence-electron chi connectivity index (χ2n) is 6.08. The first-order chi connectivity index (χ1) is 12.1. The van der Waals surface area contributed by atoms with Gasteiger partial charge >= 0.3 is 5.97 Å². The molecule has 0 amide bonds. The summed E-state index contributed by atoms with van der Waals surface area (Å²) in [6, 6.07) is 4.33. The van der Waals surface area contributed by atoms with Gasteiger partial charge < -0.3 is 24.8 Å². The monoisotopic (exact) mass is 370 g/mol. The number of nitro benzene ring substituents is 1. The molecule has 0 spiro atoms. The van der Waals surface area contributed by atoms with E-state index in [1.54, 1.807) is 0 Å². The minimum absolute atomic E-state index is 0.0224. The van der Waals surface area contributed by atoms with Crippen molar-refractivity contribution in [1.82, 2.24) is 0 Å². The highest BCUT2D eigenvalue weighted by molar-refractivity contribution is 5.85. The summed E-state index contributed by atoms with van der Waals surface area (Å²) in [5, 5.41) is 53.2. The number of ether oxygens (including phenoxy) is 2. The van der Waals surface area contributed by atoms with Crippen molar-refractivity contribution in [3.8, 4) is 0 Å². The van der Waals surface area contributed by atoms with Crippen LogP contribution in [0.15, 0.2) is 24.3 Å². The third-order valence-electron chi connectivity index (χ3n) is 4.64. The van der Waals surface area contributed by atoms with Crippen LogP contribution in [0.25, 0.3) is 0 Å². The average molecular weight is 370 g/mol. The van der Waals surface area contributed by atoms with Crippen molar-refractivity contribution < 1.29 is 39.4 Å². The van der Waals surface area contributed by atoms with Crippen LogP contribution in [-0.4, -0.2) is 67.9 Å². The van der Waals surface area contributed by atoms with Crippen LogP contribution < -0.4 is 0 Å². The molecule has 3 rings (SSSR count). The summed E-state index contributed by atoms with van der Waals surface area (Å²) in [7, 11) is 0. The van der Waals surface area contributed by atoms with E-state index in [0.717, 1.165) is 24.3 Å². The number of hydrogen-bond donors (Lipinski definition) is 3. The van der Waals surface area contributed by atoms with Gasteiger partial charge in [-0.3, -0.25) is 20.2 Å². The molecule has 0 aliphatic carbocycles. The smallest absolute Gasteiger partial charge is 0.345 e. The fraction of sp³-hybridized carbons (Fsp3) is 0.500. The molecular formula is C14H14N2O10. The third-order valence-corrected chi connectivity index (χ3v) is 4.64. The maximum atomic E-state index is 12.3. The molecule has 2 fully saturated rings. The Morgan fingerprint density at radius 3 is 2.38 bits per heavy atom. The zero-order chi connectivity index (χ0) is 19.3. The van der Waals surface area contributed by atoms with Gasteiger partial charge in [-0.25, -0.2) is 4.79 Å². The number of benzene rings is 1. The van der Waals surface area contributed by atoms with Gasteiger partial charge in [0.05, 0.1) is 17.4 Å². The van der Waals surface area contributed by atoms with Crippen LogP contribution in [0, 0.1) is 20.2 Å². The zero-order valence-corrected chi connectivity index (χ0v) is 13.0. The Balaban J connectivity index is 2.08. The third kappa shape index (κ3) is 2.42. The Labute approximate surface area is 144 Å². The Kier molecular flexibility index (Phi) is 4.15. The molecule has 12 heteroatoms. The Morgan fingerprint density at radius 1 is 1.23 bits per heavy atom. The average Bonchev–Trinajstić information content (AvgIpc) is 2.98. The molecule has 3 N–H and O–H groups in total. The second kappa shape index (κ2) is 5.95. The molecule has 1 aromatic carbocycles. The van der Waals surface area contributed by atoms with Gasteiger partial charge in [-0.1, -0.05) is 12.1 Å². The van der Waals surface area contributed by atoms with Crippen molar-refractivity contribution in [1.29, 1.82) is 0 Å². The maximum Gasteiger partial charge on any atom is 0.345 e. The maximum absolute atomic E-state index is 12.3. The molecule has 0 aromatic heterocycles. The highest BCUT2D eigenvalue weighted by Crippen LogP contribution is 2.49. The van der Waals surface area contributed by atoms with E-state index in [1.807, 2.05) is 0 Å². The van der Waals surface area contributed by atoms with Gasteiger partial charge in [0.25, 0.3) is 5.69 Å². The standard InChI is InChI=1S/C14H14N2O10/c17-10-6-25-14(20)11(10)26-12(18)13(14,19)9(5-15(21)22)7-1-3-8(4-2-7)16(23)24/h1-4,9-11,17,19-20H,5-6H2/t9?,10-,11+,13+,14-/m0/s1. The summed E-state index contributed by atoms with van der Waals surface area (Å²) in [5.41, 5.74) is -3.22. The molecule has 0 radical (unpaired) electrons. The molecular weight excluding hydrogens is 356 g/mol. The fourth-order valence-electron chi connectivity index (χ4n) is 3.33. The number of aliphatic hydroxyl groups excluding tert-OH is 1. The number of carbonyl (C=O) groups is 1. The lowest BCUT2D eigenvalue weighted by molar-refractivity contribution is -0.489. The predicted octanol–water partition coefficient (Wildman–Crippen LogP) is -1.31. The number of fused-ring (bicyclic) bond motifs is 1. The quantitative estimate of drug-likeness (QED) is 0.319. The Hall–Kier alpha value is -2.67. The molecule has 1 aromatic rings. The summed E-state index contributed by atoms with van der Waals surface area (Å²) in [6.45, 7) is -1.46. The number of hydrogen-bond acceptors (Lipinski definition) is 10. The van der Waals surface area contributed by atoms with Crippen molar-refractivity contribution in [3.05, 3.63) is 50.1 Å². The van der Waals surface area contributed by atoms with Crippen molar-refractivity contribution in [2.75, 3.05) is 13.2 Å². The number of aliphatic hydroxyl groups is 3. The van der Waals surface area contributed by atoms with Crippen LogP contribution in [-0.2, 0) is 14.3 Å². The largest absolute Gasteiger partial charge is 0.451 e. The van der Waals surface area contributed by atoms with Crippen LogP contribution >= 0.6 is 0 Å². The first-order valence-corrected chi connectivity index (χ1v) is 7.45. The zero-order valence-electron chi connectivity index (χ0n) is 13.0. The van der Waals surface area contributed by atoms with E-state index in [0.29, 0.717) is 0 Å². The molecule has 0 saturated carbocycles. The summed E-state index contributed by atoms with van der Waals surface area (Å²) in [5.74, 6) is -5.74. The van der Waals surface area contributed by atoms with Gasteiger partial charge in [0.15, 0.2) is 6.10 Å². The van der Waals surface area contributed by atoms with Gasteiger partial charge in [0, 0.05) is 17.1 Å². The van der Waals surface area contributed by atoms with E-state index in [2.05, 4.69) is 0 Å². The summed E-state index contributed by atoms with van der Waals surface area (Å²) in [4.78, 5) is 32.6. The van der Waals surface area contributed by atoms with Gasteiger partial charge in [0.2, 0.25) is 17.9 Å². The Bertz CT molecular complexity index is 767. The number of carbonyl (C=O) groups excluding carboxylic acids is 1. The van der Waals surface area contributed by atoms with E-state index in [-0.39, 0.29) is 11.3 Å². The molecule has 26 heavy (non-hydrogen) atoms. The second-order valence-corrected chi connectivity index (χ2v) is 6.08. The van der Waals surface area contributed by atoms with Crippen LogP contribution in [0.1, 0.15) is 11.5 Å². The first kappa shape index (κ1) is 18.1. The number of nitrogens with zero attached hydrogens (tertiary/aromatic N) is 2. The topological polar surface area (TPSA) is 182 Å². The van der Waals surface area contributed by atoms with E-state index in [1.165, 1.54) is 0 Å². The van der Waals surface area contributed by atoms with Crippen LogP contribution in [0.4, 0.5) is 5.69 Å². The van der Waals surface area contributed by atoms with Gasteiger partial charge in [-0.05, 0) is 5.56 Å². The Morgan fingerprint density at radius 2 is 1.85 bits per heavy atom. The lowest BCUT2D eigenvalue weighted by atomic mass is 9.76. The van der Waals surface area contributed by atoms with Gasteiger partial charge in [-0.2, -0.15) is 0 Å². The van der Waals surface area contributed by atoms with Crippen LogP contribution in [0.2, 0.25) is 0 Å². The highest BCUT2D eigenvalue weighted by atomic mass is 16.7. The SMILES string of the molecule is O=C1O[C@@H]2[C@@H](O)CO[C@]2(O)[C@@]1(O)C(C[N+](=O)[O-])c1ccc([N+](=O)[O-])cc1. The molecule has 2 saturated heterocycles. The molecule has 12 nitrogen and oxygen atoms in total. The van der Waals surface area contributed by atoms with Crippen LogP contribution in [0.5, 0.6) is 0 Å². The van der Waals surface area contributed by atoms with E-state index in [4.69, 9.17) is 9.47 Å². The lowest BCUT2D eigenvalue weighted by Gasteiger charge is -2.36. The van der Waals surface area contributed by atoms with Crippen molar-refractivity contribution in [2.45, 2.75) is 29.5 Å². The lowest BCUT2D eigenvalue weighted by Crippen LogP contribution is -2.62. The summed E-state index contributed by atoms with van der Waals surface area (Å²) >= 11 is 0. The molecule has 1 unspecified atom stereocenters. The minimum Gasteiger partial charge on any atom is -0.451 e. The minimum atomic E-state index is -2.89. The fourth-order valence-corrected chi connectivity index (χ4v) is 3.33. The van der Waals surface area contributed by atoms with Crippen molar-refractivity contribution in [2.24, 2.45) is 0 Å². The number of nitro groups is 2. The normalized spacial score (nSPS) is 34.2. The van der Waals surface area contributed by atoms with Gasteiger partial charge in [0.1, 0.15) is 6.10 Å². The number of esters is 1. The summed E-state index contributed by atoms with van der Waals surface area (Å²) < 4.78 is 9.80. The van der Waals surface area contributed by atoms with Gasteiger partial charge in [-0.15, -0.1) is 0 Å². The van der Waals surface area contributed by atoms with E-state index < -0.39 is 58.5 Å². The van der Waals surface area contributed by atoms with Crippen molar-refractivity contribution >= 4 is 11.7 Å². The first-order valence-electron chi connectivity index (χ1n) is 7.45. The molecule has 5 atom stereocenters. The van der Waals surface area contributed by atoms with E-state index in [9.17, 15) is 40.3 Å². The van der Waals surface area contributed by atoms with Crippen molar-refractivity contribution in [3.63, 3.8) is 0 Å².